The number of hydrogen-bond acceptors (Lipinski definition) is 6. The van der Waals surface area contributed by atoms with Gasteiger partial charge in [0.05, 0.1) is 23.8 Å². The third-order valence-corrected chi connectivity index (χ3v) is 9.11. The van der Waals surface area contributed by atoms with Crippen LogP contribution in [0.4, 0.5) is 5.13 Å². The number of aromatic nitrogens is 1. The van der Waals surface area contributed by atoms with Gasteiger partial charge in [0.2, 0.25) is 15.9 Å². The lowest BCUT2D eigenvalue weighted by molar-refractivity contribution is -0.116. The molecule has 1 atom stereocenters. The molecule has 9 heteroatoms. The molecule has 2 heterocycles. The molecular weight excluding hydrogens is 446 g/mol. The average Bonchev–Trinajstić information content (AvgIpc) is 3.20. The highest BCUT2D eigenvalue weighted by molar-refractivity contribution is 7.89. The first-order valence-electron chi connectivity index (χ1n) is 11.4. The molecule has 1 fully saturated rings. The Morgan fingerprint density at radius 3 is 2.72 bits per heavy atom. The molecule has 0 saturated carbocycles. The van der Waals surface area contributed by atoms with E-state index in [0.29, 0.717) is 44.3 Å². The van der Waals surface area contributed by atoms with Crippen LogP contribution in [0.5, 0.6) is 0 Å². The summed E-state index contributed by atoms with van der Waals surface area (Å²) in [5.41, 5.74) is 2.08. The average molecular weight is 478 g/mol. The summed E-state index contributed by atoms with van der Waals surface area (Å²) in [7, 11) is -3.49. The highest BCUT2D eigenvalue weighted by Gasteiger charge is 2.26. The van der Waals surface area contributed by atoms with Crippen LogP contribution in [0.15, 0.2) is 29.2 Å². The number of hydrogen-bond donors (Lipinski definition) is 1. The molecule has 0 bridgehead atoms. The van der Waals surface area contributed by atoms with Gasteiger partial charge in [-0.2, -0.15) is 4.31 Å². The van der Waals surface area contributed by atoms with Gasteiger partial charge in [-0.1, -0.05) is 31.9 Å². The molecule has 2 aromatic rings. The number of nitrogens with one attached hydrogen (secondary N) is 1. The maximum Gasteiger partial charge on any atom is 0.243 e. The Hall–Kier alpha value is -1.81. The van der Waals surface area contributed by atoms with Crippen LogP contribution in [0.25, 0.3) is 0 Å². The van der Waals surface area contributed by atoms with Crippen molar-refractivity contribution < 1.29 is 17.9 Å². The molecule has 1 aromatic carbocycles. The van der Waals surface area contributed by atoms with Crippen molar-refractivity contribution >= 4 is 32.4 Å². The molecule has 0 spiro atoms. The largest absolute Gasteiger partial charge is 0.379 e. The maximum absolute atomic E-state index is 12.7. The predicted molar refractivity (Wildman–Crippen MR) is 126 cm³/mol. The molecule has 1 aliphatic heterocycles. The number of anilines is 1. The number of thiazole rings is 1. The normalized spacial score (nSPS) is 19.5. The lowest BCUT2D eigenvalue weighted by Gasteiger charge is -2.26. The number of rotatable bonds is 8. The first kappa shape index (κ1) is 23.4. The monoisotopic (exact) mass is 477 g/mol. The number of carbonyl (C=O) groups is 1. The van der Waals surface area contributed by atoms with Crippen molar-refractivity contribution in [3.8, 4) is 0 Å². The van der Waals surface area contributed by atoms with Crippen LogP contribution in [0.3, 0.4) is 0 Å². The summed E-state index contributed by atoms with van der Waals surface area (Å²) >= 11 is 1.61. The van der Waals surface area contributed by atoms with Gasteiger partial charge < -0.3 is 10.1 Å². The molecule has 1 aliphatic carbocycles. The minimum Gasteiger partial charge on any atom is -0.379 e. The minimum absolute atomic E-state index is 0.0637. The van der Waals surface area contributed by atoms with E-state index >= 15 is 0 Å². The van der Waals surface area contributed by atoms with E-state index in [1.807, 2.05) is 0 Å². The van der Waals surface area contributed by atoms with Crippen molar-refractivity contribution in [2.45, 2.75) is 56.8 Å². The Balaban J connectivity index is 1.29. The van der Waals surface area contributed by atoms with Crippen LogP contribution in [0.2, 0.25) is 0 Å². The quantitative estimate of drug-likeness (QED) is 0.627. The van der Waals surface area contributed by atoms with Gasteiger partial charge in [-0.25, -0.2) is 13.4 Å². The van der Waals surface area contributed by atoms with Crippen molar-refractivity contribution in [3.63, 3.8) is 0 Å². The van der Waals surface area contributed by atoms with Crippen molar-refractivity contribution in [1.29, 1.82) is 0 Å². The second-order valence-corrected chi connectivity index (χ2v) is 11.5. The van der Waals surface area contributed by atoms with Gasteiger partial charge in [-0.15, -0.1) is 11.3 Å². The Bertz CT molecular complexity index is 1030. The second kappa shape index (κ2) is 10.4. The zero-order valence-electron chi connectivity index (χ0n) is 18.5. The highest BCUT2D eigenvalue weighted by atomic mass is 32.2. The van der Waals surface area contributed by atoms with E-state index in [4.69, 9.17) is 4.74 Å². The first-order valence-corrected chi connectivity index (χ1v) is 13.7. The number of sulfonamides is 1. The number of aryl methyl sites for hydroxylation is 2. The van der Waals surface area contributed by atoms with Crippen LogP contribution in [-0.4, -0.2) is 49.9 Å². The minimum atomic E-state index is -3.49. The summed E-state index contributed by atoms with van der Waals surface area (Å²) in [5, 5.41) is 3.65. The number of carbonyl (C=O) groups excluding carboxylic acids is 1. The van der Waals surface area contributed by atoms with Gasteiger partial charge in [0.25, 0.3) is 0 Å². The molecule has 1 saturated heterocycles. The Morgan fingerprint density at radius 1 is 1.25 bits per heavy atom. The number of fused-ring (bicyclic) bond motifs is 1. The van der Waals surface area contributed by atoms with Crippen molar-refractivity contribution in [1.82, 2.24) is 9.29 Å². The molecule has 0 radical (unpaired) electrons. The molecule has 7 nitrogen and oxygen atoms in total. The van der Waals surface area contributed by atoms with Gasteiger partial charge >= 0.3 is 0 Å². The fourth-order valence-electron chi connectivity index (χ4n) is 4.36. The highest BCUT2D eigenvalue weighted by Crippen LogP contribution is 2.34. The van der Waals surface area contributed by atoms with Crippen LogP contribution >= 0.6 is 11.3 Å². The van der Waals surface area contributed by atoms with Gasteiger partial charge in [0.15, 0.2) is 5.13 Å². The van der Waals surface area contributed by atoms with Crippen molar-refractivity contribution in [2.75, 3.05) is 31.6 Å². The molecule has 4 rings (SSSR count). The number of benzene rings is 1. The SMILES string of the molecule is CCCC1CCc2nc(NC(=O)CCc3ccc(S(=O)(=O)N4CCOCC4)cc3)sc2C1. The summed E-state index contributed by atoms with van der Waals surface area (Å²) in [4.78, 5) is 18.7. The standard InChI is InChI=1S/C23H31N3O4S2/c1-2-3-18-6-10-20-21(16-18)31-23(24-20)25-22(27)11-7-17-4-8-19(9-5-17)32(28,29)26-12-14-30-15-13-26/h4-5,8-9,18H,2-3,6-7,10-16H2,1H3,(H,24,25,27). The smallest absolute Gasteiger partial charge is 0.243 e. The van der Waals surface area contributed by atoms with Gasteiger partial charge in [0.1, 0.15) is 0 Å². The molecule has 174 valence electrons. The van der Waals surface area contributed by atoms with E-state index in [-0.39, 0.29) is 10.8 Å². The topological polar surface area (TPSA) is 88.6 Å². The van der Waals surface area contributed by atoms with E-state index in [1.165, 1.54) is 28.4 Å². The van der Waals surface area contributed by atoms with E-state index in [2.05, 4.69) is 17.2 Å². The van der Waals surface area contributed by atoms with Crippen molar-refractivity contribution in [3.05, 3.63) is 40.4 Å². The number of ether oxygens (including phenoxy) is 1. The Kier molecular flexibility index (Phi) is 7.60. The van der Waals surface area contributed by atoms with E-state index in [0.717, 1.165) is 30.0 Å². The Morgan fingerprint density at radius 2 is 2.00 bits per heavy atom. The molecule has 1 amide bonds. The molecule has 32 heavy (non-hydrogen) atoms. The summed E-state index contributed by atoms with van der Waals surface area (Å²) in [6.07, 6.45) is 6.62. The molecule has 1 N–H and O–H groups in total. The van der Waals surface area contributed by atoms with E-state index in [9.17, 15) is 13.2 Å². The van der Waals surface area contributed by atoms with E-state index < -0.39 is 10.0 Å². The molecule has 1 aromatic heterocycles. The van der Waals surface area contributed by atoms with Crippen LogP contribution in [-0.2, 0) is 38.8 Å². The number of morpholine rings is 1. The molecule has 2 aliphatic rings. The zero-order valence-corrected chi connectivity index (χ0v) is 20.1. The molecule has 1 unspecified atom stereocenters. The van der Waals surface area contributed by atoms with Gasteiger partial charge in [-0.05, 0) is 49.3 Å². The summed E-state index contributed by atoms with van der Waals surface area (Å²) in [6.45, 7) is 3.83. The lowest BCUT2D eigenvalue weighted by Crippen LogP contribution is -2.40. The lowest BCUT2D eigenvalue weighted by atomic mass is 9.88. The maximum atomic E-state index is 12.7. The summed E-state index contributed by atoms with van der Waals surface area (Å²) in [6, 6.07) is 6.83. The third-order valence-electron chi connectivity index (χ3n) is 6.16. The fraction of sp³-hybridized carbons (Fsp3) is 0.565. The third kappa shape index (κ3) is 5.57. The van der Waals surface area contributed by atoms with Gasteiger partial charge in [0, 0.05) is 24.4 Å². The second-order valence-electron chi connectivity index (χ2n) is 8.49. The molecular formula is C23H31N3O4S2. The van der Waals surface area contributed by atoms with Gasteiger partial charge in [-0.3, -0.25) is 4.79 Å². The fourth-order valence-corrected chi connectivity index (χ4v) is 6.90. The van der Waals surface area contributed by atoms with Crippen LogP contribution in [0.1, 0.15) is 48.7 Å². The van der Waals surface area contributed by atoms with E-state index in [1.54, 1.807) is 35.6 Å². The zero-order chi connectivity index (χ0) is 22.6. The number of amides is 1. The van der Waals surface area contributed by atoms with Crippen molar-refractivity contribution in [2.24, 2.45) is 5.92 Å². The predicted octanol–water partition coefficient (Wildman–Crippen LogP) is 3.64. The Labute approximate surface area is 194 Å². The van der Waals surface area contributed by atoms with Crippen LogP contribution in [0, 0.1) is 5.92 Å². The van der Waals surface area contributed by atoms with Crippen LogP contribution < -0.4 is 5.32 Å². The first-order chi connectivity index (χ1) is 15.5. The summed E-state index contributed by atoms with van der Waals surface area (Å²) < 4.78 is 32.1. The summed E-state index contributed by atoms with van der Waals surface area (Å²) in [5.74, 6) is 0.678. The number of nitrogens with zero attached hydrogens (tertiary/aromatic N) is 2.